The Morgan fingerprint density at radius 2 is 1.90 bits per heavy atom. The van der Waals surface area contributed by atoms with Crippen LogP contribution in [-0.4, -0.2) is 42.3 Å². The van der Waals surface area contributed by atoms with Gasteiger partial charge in [0.05, 0.1) is 0 Å². The Morgan fingerprint density at radius 3 is 2.57 bits per heavy atom. The van der Waals surface area contributed by atoms with Gasteiger partial charge in [-0.1, -0.05) is 17.7 Å². The number of halogens is 1. The fraction of sp³-hybridized carbons (Fsp3) is 0.385. The number of hydrogen-bond acceptors (Lipinski definition) is 3. The minimum Gasteiger partial charge on any atom is -0.361 e. The predicted octanol–water partition coefficient (Wildman–Crippen LogP) is 1.96. The number of rotatable bonds is 5. The highest BCUT2D eigenvalue weighted by Crippen LogP contribution is 2.14. The molecule has 8 heteroatoms. The Bertz CT molecular complexity index is 481. The first-order valence-electron chi connectivity index (χ1n) is 6.48. The van der Waals surface area contributed by atoms with Gasteiger partial charge in [-0.05, 0) is 69.7 Å². The number of nitrogens with zero attached hydrogens (tertiary/aromatic N) is 1. The van der Waals surface area contributed by atoms with Gasteiger partial charge in [0.25, 0.3) is 0 Å². The first kappa shape index (κ1) is 17.9. The summed E-state index contributed by atoms with van der Waals surface area (Å²) in [6, 6.07) is 7.30. The molecular formula is C13H20ClN5S2. The van der Waals surface area contributed by atoms with Crippen molar-refractivity contribution in [3.05, 3.63) is 29.3 Å². The van der Waals surface area contributed by atoms with Gasteiger partial charge in [0.2, 0.25) is 0 Å². The van der Waals surface area contributed by atoms with Crippen LogP contribution in [-0.2, 0) is 0 Å². The second kappa shape index (κ2) is 9.73. The van der Waals surface area contributed by atoms with E-state index >= 15 is 0 Å². The average Bonchev–Trinajstić information content (AvgIpc) is 2.41. The largest absolute Gasteiger partial charge is 0.361 e. The highest BCUT2D eigenvalue weighted by molar-refractivity contribution is 7.80. The SMILES string of the molecule is CN(C)CCCNC(=S)NNC(=S)Nc1cccc(Cl)c1. The van der Waals surface area contributed by atoms with Gasteiger partial charge in [0.1, 0.15) is 0 Å². The summed E-state index contributed by atoms with van der Waals surface area (Å²) in [5.74, 6) is 0. The summed E-state index contributed by atoms with van der Waals surface area (Å²) < 4.78 is 0. The first-order valence-corrected chi connectivity index (χ1v) is 7.68. The first-order chi connectivity index (χ1) is 9.97. The lowest BCUT2D eigenvalue weighted by molar-refractivity contribution is 0.400. The van der Waals surface area contributed by atoms with E-state index in [0.717, 1.165) is 25.2 Å². The van der Waals surface area contributed by atoms with Crippen LogP contribution >= 0.6 is 36.0 Å². The molecule has 0 radical (unpaired) electrons. The molecule has 0 amide bonds. The van der Waals surface area contributed by atoms with E-state index in [2.05, 4.69) is 26.4 Å². The van der Waals surface area contributed by atoms with Crippen LogP contribution in [0.15, 0.2) is 24.3 Å². The van der Waals surface area contributed by atoms with Gasteiger partial charge >= 0.3 is 0 Å². The Labute approximate surface area is 141 Å². The zero-order chi connectivity index (χ0) is 15.7. The van der Waals surface area contributed by atoms with E-state index < -0.39 is 0 Å². The van der Waals surface area contributed by atoms with Crippen LogP contribution in [0.1, 0.15) is 6.42 Å². The summed E-state index contributed by atoms with van der Waals surface area (Å²) >= 11 is 16.2. The van der Waals surface area contributed by atoms with Crippen LogP contribution < -0.4 is 21.5 Å². The maximum atomic E-state index is 5.90. The number of hydrogen-bond donors (Lipinski definition) is 4. The van der Waals surface area contributed by atoms with Crippen molar-refractivity contribution in [2.75, 3.05) is 32.5 Å². The molecule has 1 aromatic carbocycles. The molecule has 1 rings (SSSR count). The van der Waals surface area contributed by atoms with Crippen LogP contribution in [0.5, 0.6) is 0 Å². The summed E-state index contributed by atoms with van der Waals surface area (Å²) in [6.07, 6.45) is 1.01. The van der Waals surface area contributed by atoms with Crippen LogP contribution in [0.2, 0.25) is 5.02 Å². The molecule has 5 nitrogen and oxygen atoms in total. The maximum absolute atomic E-state index is 5.90. The lowest BCUT2D eigenvalue weighted by atomic mass is 10.3. The van der Waals surface area contributed by atoms with Gasteiger partial charge in [-0.3, -0.25) is 10.9 Å². The molecular weight excluding hydrogens is 326 g/mol. The highest BCUT2D eigenvalue weighted by Gasteiger charge is 1.99. The minimum absolute atomic E-state index is 0.412. The van der Waals surface area contributed by atoms with Gasteiger partial charge < -0.3 is 15.5 Å². The number of benzene rings is 1. The van der Waals surface area contributed by atoms with E-state index in [4.69, 9.17) is 36.0 Å². The lowest BCUT2D eigenvalue weighted by Crippen LogP contribution is -2.48. The number of anilines is 1. The Kier molecular flexibility index (Phi) is 8.29. The Hall–Kier alpha value is -1.15. The zero-order valence-corrected chi connectivity index (χ0v) is 14.5. The van der Waals surface area contributed by atoms with Gasteiger partial charge in [0, 0.05) is 17.3 Å². The molecule has 0 fully saturated rings. The lowest BCUT2D eigenvalue weighted by Gasteiger charge is -2.15. The fourth-order valence-electron chi connectivity index (χ4n) is 1.48. The van der Waals surface area contributed by atoms with Crippen LogP contribution in [0.3, 0.4) is 0 Å². The van der Waals surface area contributed by atoms with E-state index in [-0.39, 0.29) is 0 Å². The molecule has 1 aromatic rings. The third kappa shape index (κ3) is 8.67. The molecule has 116 valence electrons. The van der Waals surface area contributed by atoms with Crippen LogP contribution in [0, 0.1) is 0 Å². The second-order valence-electron chi connectivity index (χ2n) is 4.63. The predicted molar refractivity (Wildman–Crippen MR) is 97.7 cm³/mol. The third-order valence-electron chi connectivity index (χ3n) is 2.44. The maximum Gasteiger partial charge on any atom is 0.189 e. The van der Waals surface area contributed by atoms with Crippen molar-refractivity contribution in [2.45, 2.75) is 6.42 Å². The van der Waals surface area contributed by atoms with Crippen molar-refractivity contribution >= 4 is 51.9 Å². The summed E-state index contributed by atoms with van der Waals surface area (Å²) in [5.41, 5.74) is 6.45. The average molecular weight is 346 g/mol. The van der Waals surface area contributed by atoms with Crippen molar-refractivity contribution in [3.8, 4) is 0 Å². The van der Waals surface area contributed by atoms with E-state index in [1.165, 1.54) is 0 Å². The molecule has 0 unspecified atom stereocenters. The van der Waals surface area contributed by atoms with E-state index in [1.54, 1.807) is 12.1 Å². The molecule has 0 bridgehead atoms. The summed E-state index contributed by atoms with van der Waals surface area (Å²) in [6.45, 7) is 1.82. The molecule has 0 aromatic heterocycles. The van der Waals surface area contributed by atoms with E-state index in [1.807, 2.05) is 26.2 Å². The third-order valence-corrected chi connectivity index (χ3v) is 3.13. The molecule has 0 saturated heterocycles. The van der Waals surface area contributed by atoms with Crippen molar-refractivity contribution in [2.24, 2.45) is 0 Å². The summed E-state index contributed by atoms with van der Waals surface area (Å²) in [4.78, 5) is 2.13. The monoisotopic (exact) mass is 345 g/mol. The molecule has 0 aliphatic rings. The van der Waals surface area contributed by atoms with Crippen molar-refractivity contribution in [3.63, 3.8) is 0 Å². The van der Waals surface area contributed by atoms with Crippen molar-refractivity contribution in [1.82, 2.24) is 21.1 Å². The van der Waals surface area contributed by atoms with E-state index in [9.17, 15) is 0 Å². The van der Waals surface area contributed by atoms with Crippen molar-refractivity contribution in [1.29, 1.82) is 0 Å². The summed E-state index contributed by atoms with van der Waals surface area (Å²) in [5, 5.41) is 7.65. The Morgan fingerprint density at radius 1 is 1.19 bits per heavy atom. The van der Waals surface area contributed by atoms with Gasteiger partial charge in [-0.15, -0.1) is 0 Å². The molecule has 0 heterocycles. The Balaban J connectivity index is 2.19. The molecule has 0 spiro atoms. The number of thiocarbonyl (C=S) groups is 2. The van der Waals surface area contributed by atoms with Gasteiger partial charge in [0.15, 0.2) is 10.2 Å². The molecule has 4 N–H and O–H groups in total. The van der Waals surface area contributed by atoms with Crippen LogP contribution in [0.4, 0.5) is 5.69 Å². The number of hydrazine groups is 1. The molecule has 0 saturated carbocycles. The van der Waals surface area contributed by atoms with Crippen LogP contribution in [0.25, 0.3) is 0 Å². The highest BCUT2D eigenvalue weighted by atomic mass is 35.5. The minimum atomic E-state index is 0.412. The summed E-state index contributed by atoms with van der Waals surface area (Å²) in [7, 11) is 4.08. The topological polar surface area (TPSA) is 51.4 Å². The van der Waals surface area contributed by atoms with Gasteiger partial charge in [-0.25, -0.2) is 0 Å². The second-order valence-corrected chi connectivity index (χ2v) is 5.88. The molecule has 0 aliphatic heterocycles. The fourth-order valence-corrected chi connectivity index (χ4v) is 2.00. The van der Waals surface area contributed by atoms with Gasteiger partial charge in [-0.2, -0.15) is 0 Å². The van der Waals surface area contributed by atoms with E-state index in [0.29, 0.717) is 15.2 Å². The van der Waals surface area contributed by atoms with Crippen molar-refractivity contribution < 1.29 is 0 Å². The number of nitrogens with one attached hydrogen (secondary N) is 4. The quantitative estimate of drug-likeness (QED) is 0.370. The molecule has 0 aliphatic carbocycles. The molecule has 0 atom stereocenters. The normalized spacial score (nSPS) is 10.1. The zero-order valence-electron chi connectivity index (χ0n) is 12.1. The molecule has 21 heavy (non-hydrogen) atoms. The standard InChI is InChI=1S/C13H20ClN5S2/c1-19(2)8-4-7-15-12(20)17-18-13(21)16-11-6-3-5-10(14)9-11/h3,5-6,9H,4,7-8H2,1-2H3,(H2,15,17,20)(H2,16,18,21). The smallest absolute Gasteiger partial charge is 0.189 e.